The molecule has 0 atom stereocenters. The minimum atomic E-state index is -0.689. The lowest BCUT2D eigenvalue weighted by Crippen LogP contribution is -2.16. The Balaban J connectivity index is 2.01. The van der Waals surface area contributed by atoms with Crippen molar-refractivity contribution in [3.63, 3.8) is 0 Å². The molecule has 0 unspecified atom stereocenters. The molecule has 0 fully saturated rings. The van der Waals surface area contributed by atoms with Crippen LogP contribution >= 0.6 is 0 Å². The second kappa shape index (κ2) is 6.81. The van der Waals surface area contributed by atoms with Crippen molar-refractivity contribution in [1.82, 2.24) is 0 Å². The predicted octanol–water partition coefficient (Wildman–Crippen LogP) is 3.70. The number of carbonyl (C=O) groups is 1. The molecule has 128 valence electrons. The first-order valence-corrected chi connectivity index (χ1v) is 8.02. The van der Waals surface area contributed by atoms with E-state index in [2.05, 4.69) is 0 Å². The normalized spacial score (nSPS) is 10.7. The molecule has 25 heavy (non-hydrogen) atoms. The zero-order valence-corrected chi connectivity index (χ0v) is 14.4. The topological polar surface area (TPSA) is 59.8 Å². The Labute approximate surface area is 145 Å². The van der Waals surface area contributed by atoms with Crippen LogP contribution in [0.4, 0.5) is 5.69 Å². The SMILES string of the molecule is CCOC(=O)c1cc2ccc(-c3ccc(N(C)C)cc3)cc2oc1=O. The van der Waals surface area contributed by atoms with Crippen molar-refractivity contribution in [3.05, 3.63) is 64.5 Å². The van der Waals surface area contributed by atoms with E-state index >= 15 is 0 Å². The molecular formula is C20H19NO4. The van der Waals surface area contributed by atoms with Crippen LogP contribution in [0.15, 0.2) is 57.7 Å². The van der Waals surface area contributed by atoms with Gasteiger partial charge in [0.25, 0.3) is 0 Å². The number of anilines is 1. The van der Waals surface area contributed by atoms with Gasteiger partial charge in [-0.15, -0.1) is 0 Å². The second-order valence-electron chi connectivity index (χ2n) is 5.86. The fourth-order valence-electron chi connectivity index (χ4n) is 2.59. The summed E-state index contributed by atoms with van der Waals surface area (Å²) in [6.07, 6.45) is 0. The zero-order chi connectivity index (χ0) is 18.0. The van der Waals surface area contributed by atoms with Gasteiger partial charge in [0.05, 0.1) is 6.61 Å². The Kier molecular flexibility index (Phi) is 4.57. The summed E-state index contributed by atoms with van der Waals surface area (Å²) in [4.78, 5) is 25.9. The number of hydrogen-bond donors (Lipinski definition) is 0. The molecule has 5 heteroatoms. The third-order valence-corrected chi connectivity index (χ3v) is 3.95. The molecule has 0 bridgehead atoms. The smallest absolute Gasteiger partial charge is 0.351 e. The fourth-order valence-corrected chi connectivity index (χ4v) is 2.59. The molecule has 0 aliphatic heterocycles. The molecule has 0 N–H and O–H groups in total. The van der Waals surface area contributed by atoms with Gasteiger partial charge in [-0.25, -0.2) is 9.59 Å². The van der Waals surface area contributed by atoms with Gasteiger partial charge in [0, 0.05) is 25.2 Å². The lowest BCUT2D eigenvalue weighted by molar-refractivity contribution is 0.0522. The highest BCUT2D eigenvalue weighted by atomic mass is 16.5. The van der Waals surface area contributed by atoms with E-state index in [-0.39, 0.29) is 12.2 Å². The average molecular weight is 337 g/mol. The standard InChI is InChI=1S/C20H19NO4/c1-4-24-19(22)17-11-15-6-5-14(12-18(15)25-20(17)23)13-7-9-16(10-8-13)21(2)3/h5-12H,4H2,1-3H3. The number of hydrogen-bond acceptors (Lipinski definition) is 5. The van der Waals surface area contributed by atoms with Crippen LogP contribution in [0.1, 0.15) is 17.3 Å². The van der Waals surface area contributed by atoms with Crippen LogP contribution in [-0.2, 0) is 4.74 Å². The molecule has 0 aliphatic rings. The highest BCUT2D eigenvalue weighted by molar-refractivity contribution is 5.93. The second-order valence-corrected chi connectivity index (χ2v) is 5.86. The van der Waals surface area contributed by atoms with E-state index in [1.807, 2.05) is 55.4 Å². The molecular weight excluding hydrogens is 318 g/mol. The van der Waals surface area contributed by atoms with Crippen LogP contribution in [0.25, 0.3) is 22.1 Å². The van der Waals surface area contributed by atoms with Crippen LogP contribution in [-0.4, -0.2) is 26.7 Å². The summed E-state index contributed by atoms with van der Waals surface area (Å²) in [5.41, 5.74) is 2.72. The molecule has 1 aromatic heterocycles. The Morgan fingerprint density at radius 1 is 1.04 bits per heavy atom. The van der Waals surface area contributed by atoms with Gasteiger partial charge in [-0.05, 0) is 42.3 Å². The van der Waals surface area contributed by atoms with E-state index in [9.17, 15) is 9.59 Å². The number of rotatable bonds is 4. The third-order valence-electron chi connectivity index (χ3n) is 3.95. The summed E-state index contributed by atoms with van der Waals surface area (Å²) in [6, 6.07) is 15.2. The number of fused-ring (bicyclic) bond motifs is 1. The van der Waals surface area contributed by atoms with Crippen LogP contribution in [0.3, 0.4) is 0 Å². The van der Waals surface area contributed by atoms with Crippen molar-refractivity contribution in [2.24, 2.45) is 0 Å². The van der Waals surface area contributed by atoms with Gasteiger partial charge in [-0.3, -0.25) is 0 Å². The summed E-state index contributed by atoms with van der Waals surface area (Å²) in [6.45, 7) is 1.90. The lowest BCUT2D eigenvalue weighted by Gasteiger charge is -2.12. The van der Waals surface area contributed by atoms with Crippen molar-refractivity contribution in [2.75, 3.05) is 25.6 Å². The average Bonchev–Trinajstić information content (AvgIpc) is 2.61. The Hall–Kier alpha value is -3.08. The highest BCUT2D eigenvalue weighted by Gasteiger charge is 2.15. The van der Waals surface area contributed by atoms with E-state index in [1.165, 1.54) is 6.07 Å². The minimum absolute atomic E-state index is 0.0857. The Morgan fingerprint density at radius 3 is 2.36 bits per heavy atom. The lowest BCUT2D eigenvalue weighted by atomic mass is 10.0. The van der Waals surface area contributed by atoms with Gasteiger partial charge in [-0.1, -0.05) is 24.3 Å². The summed E-state index contributed by atoms with van der Waals surface area (Å²) < 4.78 is 10.2. The molecule has 1 heterocycles. The van der Waals surface area contributed by atoms with E-state index in [1.54, 1.807) is 13.0 Å². The number of nitrogens with zero attached hydrogens (tertiary/aromatic N) is 1. The molecule has 3 rings (SSSR count). The third kappa shape index (κ3) is 3.40. The first kappa shape index (κ1) is 16.8. The summed E-state index contributed by atoms with van der Waals surface area (Å²) >= 11 is 0. The number of esters is 1. The predicted molar refractivity (Wildman–Crippen MR) is 98.2 cm³/mol. The number of ether oxygens (including phenoxy) is 1. The van der Waals surface area contributed by atoms with E-state index < -0.39 is 11.6 Å². The molecule has 0 spiro atoms. The quantitative estimate of drug-likeness (QED) is 0.537. The fraction of sp³-hybridized carbons (Fsp3) is 0.200. The molecule has 0 radical (unpaired) electrons. The van der Waals surface area contributed by atoms with E-state index in [0.29, 0.717) is 11.0 Å². The summed E-state index contributed by atoms with van der Waals surface area (Å²) in [7, 11) is 3.97. The van der Waals surface area contributed by atoms with Gasteiger partial charge in [-0.2, -0.15) is 0 Å². The first-order chi connectivity index (χ1) is 12.0. The number of carbonyl (C=O) groups excluding carboxylic acids is 1. The molecule has 3 aromatic rings. The van der Waals surface area contributed by atoms with E-state index in [4.69, 9.17) is 9.15 Å². The van der Waals surface area contributed by atoms with Crippen LogP contribution in [0.5, 0.6) is 0 Å². The van der Waals surface area contributed by atoms with Crippen LogP contribution in [0.2, 0.25) is 0 Å². The zero-order valence-electron chi connectivity index (χ0n) is 14.4. The molecule has 0 aliphatic carbocycles. The van der Waals surface area contributed by atoms with Gasteiger partial charge in [0.15, 0.2) is 0 Å². The molecule has 5 nitrogen and oxygen atoms in total. The van der Waals surface area contributed by atoms with Gasteiger partial charge < -0.3 is 14.1 Å². The maximum atomic E-state index is 12.0. The van der Waals surface area contributed by atoms with Crippen molar-refractivity contribution in [3.8, 4) is 11.1 Å². The minimum Gasteiger partial charge on any atom is -0.462 e. The highest BCUT2D eigenvalue weighted by Crippen LogP contribution is 2.26. The molecule has 2 aromatic carbocycles. The molecule has 0 amide bonds. The van der Waals surface area contributed by atoms with Gasteiger partial charge in [0.2, 0.25) is 0 Å². The van der Waals surface area contributed by atoms with Crippen molar-refractivity contribution in [2.45, 2.75) is 6.92 Å². The van der Waals surface area contributed by atoms with Crippen molar-refractivity contribution >= 4 is 22.6 Å². The van der Waals surface area contributed by atoms with Crippen LogP contribution in [0, 0.1) is 0 Å². The Bertz CT molecular complexity index is 971. The van der Waals surface area contributed by atoms with Crippen LogP contribution < -0.4 is 10.5 Å². The summed E-state index contributed by atoms with van der Waals surface area (Å²) in [5.74, 6) is -0.665. The monoisotopic (exact) mass is 337 g/mol. The first-order valence-electron chi connectivity index (χ1n) is 8.02. The molecule has 0 saturated heterocycles. The molecule has 0 saturated carbocycles. The van der Waals surface area contributed by atoms with Gasteiger partial charge >= 0.3 is 11.6 Å². The largest absolute Gasteiger partial charge is 0.462 e. The van der Waals surface area contributed by atoms with Gasteiger partial charge in [0.1, 0.15) is 11.1 Å². The Morgan fingerprint density at radius 2 is 1.72 bits per heavy atom. The summed E-state index contributed by atoms with van der Waals surface area (Å²) in [5, 5.41) is 0.677. The maximum Gasteiger partial charge on any atom is 0.351 e. The van der Waals surface area contributed by atoms with Crippen molar-refractivity contribution in [1.29, 1.82) is 0 Å². The number of benzene rings is 2. The van der Waals surface area contributed by atoms with E-state index in [0.717, 1.165) is 16.8 Å². The maximum absolute atomic E-state index is 12.0. The van der Waals surface area contributed by atoms with Crippen molar-refractivity contribution < 1.29 is 13.9 Å².